The van der Waals surface area contributed by atoms with Crippen LogP contribution in [0.5, 0.6) is 0 Å². The molecule has 3 nitrogen and oxygen atoms in total. The van der Waals surface area contributed by atoms with Gasteiger partial charge in [0.05, 0.1) is 5.52 Å². The molecule has 0 radical (unpaired) electrons. The number of fused-ring (bicyclic) bond motifs is 2. The number of rotatable bonds is 2. The Balaban J connectivity index is 1.60. The van der Waals surface area contributed by atoms with Crippen molar-refractivity contribution in [3.63, 3.8) is 0 Å². The van der Waals surface area contributed by atoms with Crippen LogP contribution in [-0.4, -0.2) is 16.0 Å². The van der Waals surface area contributed by atoms with Crippen LogP contribution in [0.25, 0.3) is 10.9 Å². The van der Waals surface area contributed by atoms with Crippen molar-refractivity contribution in [2.45, 2.75) is 25.3 Å². The quantitative estimate of drug-likeness (QED) is 0.769. The van der Waals surface area contributed by atoms with Gasteiger partial charge in [0.15, 0.2) is 0 Å². The number of anilines is 1. The molecule has 2 aromatic carbocycles. The van der Waals surface area contributed by atoms with Gasteiger partial charge in [-0.05, 0) is 54.7 Å². The Kier molecular flexibility index (Phi) is 3.43. The average Bonchev–Trinajstić information content (AvgIpc) is 2.55. The van der Waals surface area contributed by atoms with Crippen LogP contribution in [-0.2, 0) is 12.8 Å². The summed E-state index contributed by atoms with van der Waals surface area (Å²) in [5.41, 5.74) is 3.73. The molecule has 0 fully saturated rings. The second-order valence-corrected chi connectivity index (χ2v) is 6.17. The standard InChI is InChI=1S/C18H16ClN3/c19-14-7-5-13-10-15(8-6-12(13)9-14)22-18-16-3-1-2-4-17(16)20-11-21-18/h1-5,7,9,11,15H,6,8,10H2,(H,20,21,22). The van der Waals surface area contributed by atoms with E-state index in [1.54, 1.807) is 6.33 Å². The zero-order valence-corrected chi connectivity index (χ0v) is 12.8. The first-order chi connectivity index (χ1) is 10.8. The fourth-order valence-corrected chi connectivity index (χ4v) is 3.35. The van der Waals surface area contributed by atoms with Crippen LogP contribution in [0.1, 0.15) is 17.5 Å². The van der Waals surface area contributed by atoms with Gasteiger partial charge >= 0.3 is 0 Å². The highest BCUT2D eigenvalue weighted by Crippen LogP contribution is 2.27. The number of nitrogens with zero attached hydrogens (tertiary/aromatic N) is 2. The van der Waals surface area contributed by atoms with Gasteiger partial charge in [-0.15, -0.1) is 0 Å². The van der Waals surface area contributed by atoms with Gasteiger partial charge in [0.2, 0.25) is 0 Å². The molecule has 1 aliphatic rings. The van der Waals surface area contributed by atoms with Crippen LogP contribution in [0.4, 0.5) is 5.82 Å². The number of aromatic nitrogens is 2. The lowest BCUT2D eigenvalue weighted by Crippen LogP contribution is -2.27. The topological polar surface area (TPSA) is 37.8 Å². The zero-order chi connectivity index (χ0) is 14.9. The first-order valence-corrected chi connectivity index (χ1v) is 7.91. The first-order valence-electron chi connectivity index (χ1n) is 7.53. The predicted octanol–water partition coefficient (Wildman–Crippen LogP) is 4.25. The molecular formula is C18H16ClN3. The van der Waals surface area contributed by atoms with Crippen molar-refractivity contribution in [1.82, 2.24) is 9.97 Å². The average molecular weight is 310 g/mol. The molecule has 4 rings (SSSR count). The van der Waals surface area contributed by atoms with Gasteiger partial charge in [0.1, 0.15) is 12.1 Å². The van der Waals surface area contributed by atoms with Crippen LogP contribution in [0.3, 0.4) is 0 Å². The van der Waals surface area contributed by atoms with Crippen LogP contribution < -0.4 is 5.32 Å². The van der Waals surface area contributed by atoms with Crippen molar-refractivity contribution in [2.75, 3.05) is 5.32 Å². The number of halogens is 1. The number of para-hydroxylation sites is 1. The molecule has 1 aliphatic carbocycles. The molecule has 0 saturated heterocycles. The van der Waals surface area contributed by atoms with Gasteiger partial charge in [-0.2, -0.15) is 0 Å². The van der Waals surface area contributed by atoms with Crippen molar-refractivity contribution < 1.29 is 0 Å². The second-order valence-electron chi connectivity index (χ2n) is 5.74. The number of aryl methyl sites for hydroxylation is 1. The van der Waals surface area contributed by atoms with Gasteiger partial charge in [0.25, 0.3) is 0 Å². The molecule has 0 bridgehead atoms. The number of hydrogen-bond acceptors (Lipinski definition) is 3. The fourth-order valence-electron chi connectivity index (χ4n) is 3.16. The number of benzene rings is 2. The Morgan fingerprint density at radius 1 is 1.05 bits per heavy atom. The smallest absolute Gasteiger partial charge is 0.137 e. The van der Waals surface area contributed by atoms with E-state index in [0.717, 1.165) is 41.0 Å². The molecular weight excluding hydrogens is 294 g/mol. The van der Waals surface area contributed by atoms with Crippen molar-refractivity contribution >= 4 is 28.3 Å². The highest BCUT2D eigenvalue weighted by Gasteiger charge is 2.19. The second kappa shape index (κ2) is 5.58. The molecule has 22 heavy (non-hydrogen) atoms. The summed E-state index contributed by atoms with van der Waals surface area (Å²) in [7, 11) is 0. The van der Waals surface area contributed by atoms with Crippen LogP contribution in [0.15, 0.2) is 48.8 Å². The Labute approximate surface area is 134 Å². The lowest BCUT2D eigenvalue weighted by molar-refractivity contribution is 0.609. The molecule has 1 unspecified atom stereocenters. The van der Waals surface area contributed by atoms with Crippen molar-refractivity contribution in [1.29, 1.82) is 0 Å². The third-order valence-electron chi connectivity index (χ3n) is 4.28. The van der Waals surface area contributed by atoms with Crippen molar-refractivity contribution in [2.24, 2.45) is 0 Å². The Hall–Kier alpha value is -2.13. The van der Waals surface area contributed by atoms with E-state index < -0.39 is 0 Å². The van der Waals surface area contributed by atoms with Gasteiger partial charge in [-0.3, -0.25) is 0 Å². The van der Waals surface area contributed by atoms with E-state index in [2.05, 4.69) is 33.5 Å². The molecule has 3 aromatic rings. The monoisotopic (exact) mass is 309 g/mol. The molecule has 1 N–H and O–H groups in total. The van der Waals surface area contributed by atoms with Gasteiger partial charge < -0.3 is 5.32 Å². The minimum atomic E-state index is 0.395. The molecule has 0 amide bonds. The summed E-state index contributed by atoms with van der Waals surface area (Å²) in [5, 5.41) is 5.50. The predicted molar refractivity (Wildman–Crippen MR) is 90.4 cm³/mol. The Morgan fingerprint density at radius 2 is 1.95 bits per heavy atom. The SMILES string of the molecule is Clc1ccc2c(c1)CCC(Nc1ncnc3ccccc13)C2. The maximum Gasteiger partial charge on any atom is 0.137 e. The maximum absolute atomic E-state index is 6.08. The van der Waals surface area contributed by atoms with E-state index in [1.165, 1.54) is 11.1 Å². The minimum absolute atomic E-state index is 0.395. The number of nitrogens with one attached hydrogen (secondary N) is 1. The molecule has 0 aliphatic heterocycles. The van der Waals surface area contributed by atoms with E-state index in [0.29, 0.717) is 6.04 Å². The zero-order valence-electron chi connectivity index (χ0n) is 12.1. The summed E-state index contributed by atoms with van der Waals surface area (Å²) in [4.78, 5) is 8.74. The minimum Gasteiger partial charge on any atom is -0.366 e. The van der Waals surface area contributed by atoms with Crippen LogP contribution >= 0.6 is 11.6 Å². The lowest BCUT2D eigenvalue weighted by atomic mass is 9.88. The van der Waals surface area contributed by atoms with Crippen LogP contribution in [0, 0.1) is 0 Å². The number of hydrogen-bond donors (Lipinski definition) is 1. The van der Waals surface area contributed by atoms with Crippen molar-refractivity contribution in [3.05, 3.63) is 64.9 Å². The van der Waals surface area contributed by atoms with E-state index in [-0.39, 0.29) is 0 Å². The highest BCUT2D eigenvalue weighted by molar-refractivity contribution is 6.30. The normalized spacial score (nSPS) is 17.2. The van der Waals surface area contributed by atoms with Gasteiger partial charge in [0, 0.05) is 16.5 Å². The molecule has 0 spiro atoms. The van der Waals surface area contributed by atoms with Crippen LogP contribution in [0.2, 0.25) is 5.02 Å². The third-order valence-corrected chi connectivity index (χ3v) is 4.52. The summed E-state index contributed by atoms with van der Waals surface area (Å²) >= 11 is 6.08. The van der Waals surface area contributed by atoms with E-state index in [1.807, 2.05) is 24.3 Å². The third kappa shape index (κ3) is 2.53. The molecule has 1 aromatic heterocycles. The lowest BCUT2D eigenvalue weighted by Gasteiger charge is -2.26. The van der Waals surface area contributed by atoms with E-state index in [9.17, 15) is 0 Å². The summed E-state index contributed by atoms with van der Waals surface area (Å²) in [6.07, 6.45) is 4.77. The van der Waals surface area contributed by atoms with E-state index >= 15 is 0 Å². The molecule has 4 heteroatoms. The highest BCUT2D eigenvalue weighted by atomic mass is 35.5. The van der Waals surface area contributed by atoms with Gasteiger partial charge in [-0.1, -0.05) is 29.8 Å². The molecule has 110 valence electrons. The summed E-state index contributed by atoms with van der Waals surface area (Å²) < 4.78 is 0. The van der Waals surface area contributed by atoms with Crippen molar-refractivity contribution in [3.8, 4) is 0 Å². The largest absolute Gasteiger partial charge is 0.366 e. The Morgan fingerprint density at radius 3 is 2.91 bits per heavy atom. The summed E-state index contributed by atoms with van der Waals surface area (Å²) in [6.45, 7) is 0. The summed E-state index contributed by atoms with van der Waals surface area (Å²) in [5.74, 6) is 0.924. The Bertz CT molecular complexity index is 826. The first kappa shape index (κ1) is 13.5. The maximum atomic E-state index is 6.08. The summed E-state index contributed by atoms with van der Waals surface area (Å²) in [6, 6.07) is 14.7. The molecule has 1 heterocycles. The molecule has 0 saturated carbocycles. The molecule has 1 atom stereocenters. The van der Waals surface area contributed by atoms with Gasteiger partial charge in [-0.25, -0.2) is 9.97 Å². The van der Waals surface area contributed by atoms with E-state index in [4.69, 9.17) is 11.6 Å². The fraction of sp³-hybridized carbons (Fsp3) is 0.222.